The highest BCUT2D eigenvalue weighted by Crippen LogP contribution is 2.45. The Hall–Kier alpha value is -3.17. The number of likely N-dealkylation sites (tertiary alicyclic amines) is 1. The molecule has 1 aliphatic heterocycles. The van der Waals surface area contributed by atoms with Gasteiger partial charge in [0.15, 0.2) is 5.82 Å². The first-order chi connectivity index (χ1) is 16.1. The van der Waals surface area contributed by atoms with Crippen LogP contribution in [0.3, 0.4) is 0 Å². The number of phenols is 1. The standard InChI is InChI=1S/C24H25F2N5O2/c25-23(26)18-5-4-17-15(18)3-6-19(22(17)33)21-16-7-8-27-12-20(16)24(30-29-21)28-14-2-1-9-31(13-14)10-11-32/h3,6-8,12,14,32-33H,1-2,4-5,9-11,13H2,(H,28,30)/t14-/m1/s1. The molecular formula is C24H25F2N5O2. The van der Waals surface area contributed by atoms with Gasteiger partial charge in [0.25, 0.3) is 6.08 Å². The number of halogens is 2. The lowest BCUT2D eigenvalue weighted by Gasteiger charge is -2.33. The van der Waals surface area contributed by atoms with Crippen LogP contribution in [0, 0.1) is 0 Å². The first-order valence-electron chi connectivity index (χ1n) is 11.2. The topological polar surface area (TPSA) is 94.4 Å². The van der Waals surface area contributed by atoms with Crippen molar-refractivity contribution >= 4 is 22.2 Å². The van der Waals surface area contributed by atoms with Crippen LogP contribution in [0.5, 0.6) is 5.75 Å². The van der Waals surface area contributed by atoms with E-state index in [0.717, 1.165) is 36.7 Å². The second-order valence-electron chi connectivity index (χ2n) is 8.55. The summed E-state index contributed by atoms with van der Waals surface area (Å²) in [4.78, 5) is 6.47. The van der Waals surface area contributed by atoms with Gasteiger partial charge in [-0.25, -0.2) is 0 Å². The third-order valence-corrected chi connectivity index (χ3v) is 6.56. The molecular weight excluding hydrogens is 428 g/mol. The number of aliphatic hydroxyl groups is 1. The summed E-state index contributed by atoms with van der Waals surface area (Å²) >= 11 is 0. The second kappa shape index (κ2) is 8.99. The Morgan fingerprint density at radius 1 is 1.12 bits per heavy atom. The Morgan fingerprint density at radius 2 is 1.97 bits per heavy atom. The van der Waals surface area contributed by atoms with Gasteiger partial charge in [0.05, 0.1) is 6.61 Å². The predicted molar refractivity (Wildman–Crippen MR) is 122 cm³/mol. The van der Waals surface area contributed by atoms with Gasteiger partial charge in [0.1, 0.15) is 11.4 Å². The van der Waals surface area contributed by atoms with E-state index < -0.39 is 6.08 Å². The minimum atomic E-state index is -1.70. The number of aromatic hydroxyl groups is 1. The maximum absolute atomic E-state index is 13.2. The molecule has 5 rings (SSSR count). The van der Waals surface area contributed by atoms with Crippen LogP contribution < -0.4 is 5.32 Å². The Balaban J connectivity index is 1.51. The first-order valence-corrected chi connectivity index (χ1v) is 11.2. The van der Waals surface area contributed by atoms with Crippen LogP contribution in [0.1, 0.15) is 30.4 Å². The zero-order valence-electron chi connectivity index (χ0n) is 18.1. The van der Waals surface area contributed by atoms with Crippen molar-refractivity contribution in [1.29, 1.82) is 0 Å². The molecule has 0 unspecified atom stereocenters. The van der Waals surface area contributed by atoms with Crippen molar-refractivity contribution in [3.05, 3.63) is 47.8 Å². The van der Waals surface area contributed by atoms with Gasteiger partial charge >= 0.3 is 0 Å². The van der Waals surface area contributed by atoms with Gasteiger partial charge in [0.2, 0.25) is 0 Å². The van der Waals surface area contributed by atoms with Gasteiger partial charge in [-0.05, 0) is 49.9 Å². The number of fused-ring (bicyclic) bond motifs is 2. The number of rotatable bonds is 5. The van der Waals surface area contributed by atoms with Gasteiger partial charge in [-0.3, -0.25) is 9.88 Å². The maximum atomic E-state index is 13.2. The van der Waals surface area contributed by atoms with E-state index in [2.05, 4.69) is 25.4 Å². The number of pyridine rings is 1. The number of anilines is 1. The van der Waals surface area contributed by atoms with Crippen molar-refractivity contribution in [3.63, 3.8) is 0 Å². The van der Waals surface area contributed by atoms with E-state index in [1.165, 1.54) is 0 Å². The van der Waals surface area contributed by atoms with Crippen LogP contribution in [0.25, 0.3) is 27.6 Å². The van der Waals surface area contributed by atoms with Crippen LogP contribution in [0.15, 0.2) is 36.7 Å². The SMILES string of the molecule is OCCN1CCC[C@@H](Nc2nnc(-c3ccc4c(c3O)CCC4=C(F)F)c3ccncc23)C1. The molecule has 9 heteroatoms. The molecule has 0 saturated carbocycles. The van der Waals surface area contributed by atoms with Gasteiger partial charge < -0.3 is 15.5 Å². The largest absolute Gasteiger partial charge is 0.507 e. The summed E-state index contributed by atoms with van der Waals surface area (Å²) in [7, 11) is 0. The van der Waals surface area contributed by atoms with E-state index in [0.29, 0.717) is 41.2 Å². The normalized spacial score (nSPS) is 18.5. The number of hydrogen-bond acceptors (Lipinski definition) is 7. The molecule has 3 aromatic rings. The van der Waals surface area contributed by atoms with Crippen molar-refractivity contribution < 1.29 is 19.0 Å². The molecule has 172 valence electrons. The highest BCUT2D eigenvalue weighted by Gasteiger charge is 2.27. The van der Waals surface area contributed by atoms with Gasteiger partial charge in [0, 0.05) is 59.0 Å². The van der Waals surface area contributed by atoms with E-state index in [1.807, 2.05) is 6.07 Å². The number of nitrogens with zero attached hydrogens (tertiary/aromatic N) is 4. The van der Waals surface area contributed by atoms with Gasteiger partial charge in [-0.15, -0.1) is 10.2 Å². The van der Waals surface area contributed by atoms with Gasteiger partial charge in [-0.2, -0.15) is 8.78 Å². The molecule has 7 nitrogen and oxygen atoms in total. The molecule has 2 aromatic heterocycles. The average Bonchev–Trinajstić information content (AvgIpc) is 3.26. The zero-order valence-corrected chi connectivity index (χ0v) is 18.1. The van der Waals surface area contributed by atoms with Gasteiger partial charge in [-0.1, -0.05) is 6.07 Å². The second-order valence-corrected chi connectivity index (χ2v) is 8.55. The average molecular weight is 453 g/mol. The number of nitrogens with one attached hydrogen (secondary N) is 1. The Morgan fingerprint density at radius 3 is 2.79 bits per heavy atom. The van der Waals surface area contributed by atoms with E-state index in [4.69, 9.17) is 0 Å². The molecule has 3 N–H and O–H groups in total. The lowest BCUT2D eigenvalue weighted by molar-refractivity contribution is 0.166. The molecule has 0 radical (unpaired) electrons. The number of aromatic nitrogens is 3. The van der Waals surface area contributed by atoms with Crippen molar-refractivity contribution in [2.45, 2.75) is 31.7 Å². The predicted octanol–water partition coefficient (Wildman–Crippen LogP) is 3.82. The highest BCUT2D eigenvalue weighted by molar-refractivity contribution is 6.01. The molecule has 1 fully saturated rings. The van der Waals surface area contributed by atoms with Crippen LogP contribution in [0.4, 0.5) is 14.6 Å². The molecule has 1 saturated heterocycles. The number of hydrogen-bond donors (Lipinski definition) is 3. The zero-order chi connectivity index (χ0) is 22.9. The number of piperidine rings is 1. The Labute approximate surface area is 189 Å². The first kappa shape index (κ1) is 21.7. The van der Waals surface area contributed by atoms with Crippen molar-refractivity contribution in [3.8, 4) is 17.0 Å². The minimum absolute atomic E-state index is 0.00531. The summed E-state index contributed by atoms with van der Waals surface area (Å²) in [6.45, 7) is 2.55. The minimum Gasteiger partial charge on any atom is -0.507 e. The number of phenolic OH excluding ortho intramolecular Hbond substituents is 1. The highest BCUT2D eigenvalue weighted by atomic mass is 19.3. The lowest BCUT2D eigenvalue weighted by Crippen LogP contribution is -2.43. The molecule has 0 spiro atoms. The van der Waals surface area contributed by atoms with Crippen LogP contribution in [0.2, 0.25) is 0 Å². The number of aliphatic hydroxyl groups excluding tert-OH is 1. The van der Waals surface area contributed by atoms with Crippen LogP contribution >= 0.6 is 0 Å². The Bertz CT molecular complexity index is 1230. The lowest BCUT2D eigenvalue weighted by atomic mass is 9.98. The van der Waals surface area contributed by atoms with Crippen molar-refractivity contribution in [2.24, 2.45) is 0 Å². The monoisotopic (exact) mass is 453 g/mol. The molecule has 33 heavy (non-hydrogen) atoms. The molecule has 1 atom stereocenters. The number of β-amino-alcohol motifs (C(OH)–C–C–N with tert-alkyl or cyclic N) is 1. The van der Waals surface area contributed by atoms with E-state index >= 15 is 0 Å². The third-order valence-electron chi connectivity index (χ3n) is 6.56. The molecule has 2 aliphatic rings. The quantitative estimate of drug-likeness (QED) is 0.541. The molecule has 0 amide bonds. The van der Waals surface area contributed by atoms with Crippen molar-refractivity contribution in [1.82, 2.24) is 20.1 Å². The summed E-state index contributed by atoms with van der Waals surface area (Å²) in [6, 6.07) is 5.25. The third kappa shape index (κ3) is 4.02. The maximum Gasteiger partial charge on any atom is 0.274 e. The summed E-state index contributed by atoms with van der Waals surface area (Å²) in [5.41, 5.74) is 1.87. The molecule has 1 aliphatic carbocycles. The molecule has 1 aromatic carbocycles. The number of benzene rings is 1. The van der Waals surface area contributed by atoms with Crippen LogP contribution in [-0.4, -0.2) is 62.6 Å². The molecule has 0 bridgehead atoms. The summed E-state index contributed by atoms with van der Waals surface area (Å²) in [5, 5.41) is 34.0. The Kier molecular flexibility index (Phi) is 5.90. The number of allylic oxidation sites excluding steroid dienone is 1. The fraction of sp³-hybridized carbons (Fsp3) is 0.375. The van der Waals surface area contributed by atoms with Crippen molar-refractivity contribution in [2.75, 3.05) is 31.6 Å². The smallest absolute Gasteiger partial charge is 0.274 e. The molecule has 3 heterocycles. The van der Waals surface area contributed by atoms with E-state index in [9.17, 15) is 19.0 Å². The van der Waals surface area contributed by atoms with E-state index in [-0.39, 0.29) is 30.4 Å². The summed E-state index contributed by atoms with van der Waals surface area (Å²) in [5.74, 6) is 0.590. The summed E-state index contributed by atoms with van der Waals surface area (Å²) < 4.78 is 26.5. The van der Waals surface area contributed by atoms with E-state index in [1.54, 1.807) is 24.5 Å². The fourth-order valence-electron chi connectivity index (χ4n) is 4.96. The fourth-order valence-corrected chi connectivity index (χ4v) is 4.96. The summed E-state index contributed by atoms with van der Waals surface area (Å²) in [6.07, 6.45) is 4.26. The van der Waals surface area contributed by atoms with Crippen LogP contribution in [-0.2, 0) is 6.42 Å².